The molecule has 2 heterocycles. The van der Waals surface area contributed by atoms with E-state index in [1.807, 2.05) is 34.6 Å². The number of carbonyl (C=O) groups excluding carboxylic acids is 1. The van der Waals surface area contributed by atoms with Crippen LogP contribution in [0.25, 0.3) is 10.9 Å². The molecule has 0 saturated carbocycles. The van der Waals surface area contributed by atoms with Gasteiger partial charge in [0.2, 0.25) is 5.91 Å². The second-order valence-corrected chi connectivity index (χ2v) is 6.40. The number of carbonyl (C=O) groups is 1. The van der Waals surface area contributed by atoms with Crippen molar-refractivity contribution in [2.45, 2.75) is 32.4 Å². The first-order valence-electron chi connectivity index (χ1n) is 8.18. The highest BCUT2D eigenvalue weighted by molar-refractivity contribution is 5.85. The van der Waals surface area contributed by atoms with Crippen molar-refractivity contribution in [2.24, 2.45) is 11.7 Å². The normalized spacial score (nSPS) is 16.7. The van der Waals surface area contributed by atoms with E-state index in [1.54, 1.807) is 12.3 Å². The Morgan fingerprint density at radius 1 is 1.25 bits per heavy atom. The second-order valence-electron chi connectivity index (χ2n) is 6.40. The Hall–Kier alpha value is -1.85. The molecule has 1 aliphatic rings. The first-order chi connectivity index (χ1) is 11.1. The zero-order valence-electron chi connectivity index (χ0n) is 13.9. The van der Waals surface area contributed by atoms with Crippen LogP contribution in [0.15, 0.2) is 41.3 Å². The number of piperidine rings is 1. The van der Waals surface area contributed by atoms with Crippen molar-refractivity contribution >= 4 is 29.2 Å². The number of halogens is 1. The van der Waals surface area contributed by atoms with Gasteiger partial charge in [-0.25, -0.2) is 0 Å². The molecule has 5 nitrogen and oxygen atoms in total. The molecule has 2 aromatic rings. The molecular weight excluding hydrogens is 326 g/mol. The molecule has 6 heteroatoms. The van der Waals surface area contributed by atoms with Crippen LogP contribution in [0.5, 0.6) is 0 Å². The van der Waals surface area contributed by atoms with Crippen LogP contribution in [0.3, 0.4) is 0 Å². The first-order valence-corrected chi connectivity index (χ1v) is 8.18. The van der Waals surface area contributed by atoms with Gasteiger partial charge in [0, 0.05) is 36.8 Å². The van der Waals surface area contributed by atoms with E-state index >= 15 is 0 Å². The lowest BCUT2D eigenvalue weighted by atomic mass is 9.91. The Balaban J connectivity index is 0.00000208. The average molecular weight is 350 g/mol. The van der Waals surface area contributed by atoms with E-state index in [-0.39, 0.29) is 36.3 Å². The van der Waals surface area contributed by atoms with E-state index in [2.05, 4.69) is 0 Å². The number of nitrogens with two attached hydrogens (primary N) is 1. The number of likely N-dealkylation sites (tertiary alicyclic amines) is 1. The van der Waals surface area contributed by atoms with Crippen LogP contribution < -0.4 is 11.2 Å². The van der Waals surface area contributed by atoms with E-state index < -0.39 is 0 Å². The van der Waals surface area contributed by atoms with E-state index in [4.69, 9.17) is 5.73 Å². The van der Waals surface area contributed by atoms with E-state index in [9.17, 15) is 9.59 Å². The summed E-state index contributed by atoms with van der Waals surface area (Å²) in [5.74, 6) is 0.606. The Bertz CT molecular complexity index is 764. The van der Waals surface area contributed by atoms with Crippen LogP contribution in [0.1, 0.15) is 19.8 Å². The highest BCUT2D eigenvalue weighted by Gasteiger charge is 2.24. The zero-order chi connectivity index (χ0) is 16.4. The van der Waals surface area contributed by atoms with Crippen LogP contribution in [0.2, 0.25) is 0 Å². The van der Waals surface area contributed by atoms with Gasteiger partial charge in [0.1, 0.15) is 6.54 Å². The Morgan fingerprint density at radius 3 is 2.58 bits per heavy atom. The Morgan fingerprint density at radius 2 is 1.92 bits per heavy atom. The van der Waals surface area contributed by atoms with Gasteiger partial charge in [-0.1, -0.05) is 12.1 Å². The van der Waals surface area contributed by atoms with Crippen molar-refractivity contribution in [1.29, 1.82) is 0 Å². The first kappa shape index (κ1) is 18.5. The Labute approximate surface area is 147 Å². The molecule has 24 heavy (non-hydrogen) atoms. The van der Waals surface area contributed by atoms with Crippen molar-refractivity contribution in [1.82, 2.24) is 9.47 Å². The van der Waals surface area contributed by atoms with Crippen LogP contribution in [0, 0.1) is 5.92 Å². The zero-order valence-corrected chi connectivity index (χ0v) is 14.7. The van der Waals surface area contributed by atoms with Crippen molar-refractivity contribution in [3.63, 3.8) is 0 Å². The van der Waals surface area contributed by atoms with Crippen LogP contribution in [-0.4, -0.2) is 34.5 Å². The molecule has 2 N–H and O–H groups in total. The molecule has 130 valence electrons. The van der Waals surface area contributed by atoms with Gasteiger partial charge in [0.25, 0.3) is 0 Å². The third-order valence-electron chi connectivity index (χ3n) is 4.83. The second kappa shape index (κ2) is 7.81. The fraction of sp³-hybridized carbons (Fsp3) is 0.444. The molecule has 1 aromatic heterocycles. The van der Waals surface area contributed by atoms with Gasteiger partial charge in [0.15, 0.2) is 5.43 Å². The number of para-hydroxylation sites is 1. The monoisotopic (exact) mass is 349 g/mol. The summed E-state index contributed by atoms with van der Waals surface area (Å²) in [6.45, 7) is 3.84. The molecule has 3 rings (SSSR count). The lowest BCUT2D eigenvalue weighted by Crippen LogP contribution is -2.43. The number of amides is 1. The summed E-state index contributed by atoms with van der Waals surface area (Å²) in [7, 11) is 0. The summed E-state index contributed by atoms with van der Waals surface area (Å²) in [5, 5.41) is 0.651. The third-order valence-corrected chi connectivity index (χ3v) is 4.83. The molecule has 1 aliphatic heterocycles. The number of hydrogen-bond acceptors (Lipinski definition) is 3. The minimum Gasteiger partial charge on any atom is -0.341 e. The van der Waals surface area contributed by atoms with Gasteiger partial charge in [-0.15, -0.1) is 12.4 Å². The summed E-state index contributed by atoms with van der Waals surface area (Å²) in [4.78, 5) is 26.4. The SMILES string of the molecule is CC(N)C1CCN(C(=O)Cn2ccc(=O)c3ccccc32)CC1.Cl. The maximum atomic E-state index is 12.6. The van der Waals surface area contributed by atoms with Gasteiger partial charge in [0.05, 0.1) is 5.52 Å². The van der Waals surface area contributed by atoms with Crippen molar-refractivity contribution in [3.8, 4) is 0 Å². The number of rotatable bonds is 3. The van der Waals surface area contributed by atoms with Crippen molar-refractivity contribution in [2.75, 3.05) is 13.1 Å². The third kappa shape index (κ3) is 3.79. The van der Waals surface area contributed by atoms with Gasteiger partial charge in [-0.2, -0.15) is 0 Å². The number of aromatic nitrogens is 1. The van der Waals surface area contributed by atoms with E-state index in [1.165, 1.54) is 6.07 Å². The van der Waals surface area contributed by atoms with Crippen LogP contribution in [-0.2, 0) is 11.3 Å². The quantitative estimate of drug-likeness (QED) is 0.921. The molecule has 1 saturated heterocycles. The topological polar surface area (TPSA) is 68.3 Å². The minimum absolute atomic E-state index is 0. The molecule has 0 aliphatic carbocycles. The number of hydrogen-bond donors (Lipinski definition) is 1. The molecule has 0 spiro atoms. The predicted molar refractivity (Wildman–Crippen MR) is 98.4 cm³/mol. The maximum absolute atomic E-state index is 12.6. The van der Waals surface area contributed by atoms with Crippen molar-refractivity contribution < 1.29 is 4.79 Å². The molecule has 0 bridgehead atoms. The predicted octanol–water partition coefficient (Wildman–Crippen LogP) is 2.01. The summed E-state index contributed by atoms with van der Waals surface area (Å²) < 4.78 is 1.86. The largest absolute Gasteiger partial charge is 0.341 e. The molecule has 1 unspecified atom stereocenters. The van der Waals surface area contributed by atoms with Crippen LogP contribution >= 0.6 is 12.4 Å². The summed E-state index contributed by atoms with van der Waals surface area (Å²) in [5.41, 5.74) is 6.74. The molecule has 1 amide bonds. The molecular formula is C18H24ClN3O2. The van der Waals surface area contributed by atoms with Crippen molar-refractivity contribution in [3.05, 3.63) is 46.8 Å². The summed E-state index contributed by atoms with van der Waals surface area (Å²) >= 11 is 0. The van der Waals surface area contributed by atoms with Gasteiger partial charge < -0.3 is 15.2 Å². The lowest BCUT2D eigenvalue weighted by Gasteiger charge is -2.34. The minimum atomic E-state index is -0.0120. The molecule has 0 radical (unpaired) electrons. The summed E-state index contributed by atoms with van der Waals surface area (Å²) in [6.07, 6.45) is 3.64. The maximum Gasteiger partial charge on any atom is 0.242 e. The highest BCUT2D eigenvalue weighted by Crippen LogP contribution is 2.20. The lowest BCUT2D eigenvalue weighted by molar-refractivity contribution is -0.133. The standard InChI is InChI=1S/C18H23N3O2.ClH/c1-13(19)14-6-9-20(10-7-14)18(23)12-21-11-8-17(22)15-4-2-3-5-16(15)21;/h2-5,8,11,13-14H,6-7,9-10,12,19H2,1H3;1H. The fourth-order valence-corrected chi connectivity index (χ4v) is 3.32. The van der Waals surface area contributed by atoms with Crippen LogP contribution in [0.4, 0.5) is 0 Å². The average Bonchev–Trinajstić information content (AvgIpc) is 2.57. The molecule has 1 fully saturated rings. The fourth-order valence-electron chi connectivity index (χ4n) is 3.32. The molecule has 1 atom stereocenters. The number of pyridine rings is 1. The number of nitrogens with zero attached hydrogens (tertiary/aromatic N) is 2. The van der Waals surface area contributed by atoms with E-state index in [0.717, 1.165) is 31.4 Å². The molecule has 1 aromatic carbocycles. The van der Waals surface area contributed by atoms with Gasteiger partial charge >= 0.3 is 0 Å². The van der Waals surface area contributed by atoms with Gasteiger partial charge in [-0.3, -0.25) is 9.59 Å². The number of benzene rings is 1. The Kier molecular flexibility index (Phi) is 6.02. The highest BCUT2D eigenvalue weighted by atomic mass is 35.5. The number of fused-ring (bicyclic) bond motifs is 1. The van der Waals surface area contributed by atoms with E-state index in [0.29, 0.717) is 11.3 Å². The van der Waals surface area contributed by atoms with Gasteiger partial charge in [-0.05, 0) is 37.8 Å². The summed E-state index contributed by atoms with van der Waals surface area (Å²) in [6, 6.07) is 9.12. The smallest absolute Gasteiger partial charge is 0.242 e.